The van der Waals surface area contributed by atoms with Crippen LogP contribution in [-0.2, 0) is 29.5 Å². The fraction of sp³-hybridized carbons (Fsp3) is 1.00. The molecule has 0 radical (unpaired) electrons. The SMILES string of the molecule is BrCCOCCBr.CC(C)N(C(C)C)S(=O)(=O)CC12CCC(CC1(O)CN)C2(C)C.CC(C)N(C(C)C)S(=O)(=O)CC12CCC(C[C@@]1(O)CN1CCOCC1)C2(C)C. The van der Waals surface area contributed by atoms with Gasteiger partial charge in [-0.2, -0.15) is 8.61 Å². The van der Waals surface area contributed by atoms with Crippen LogP contribution in [0.3, 0.4) is 0 Å². The van der Waals surface area contributed by atoms with Crippen molar-refractivity contribution in [1.29, 1.82) is 0 Å². The van der Waals surface area contributed by atoms with Crippen LogP contribution in [0.15, 0.2) is 0 Å². The fourth-order valence-electron chi connectivity index (χ4n) is 12.4. The highest BCUT2D eigenvalue weighted by Crippen LogP contribution is 2.71. The van der Waals surface area contributed by atoms with Crippen molar-refractivity contribution in [1.82, 2.24) is 13.5 Å². The quantitative estimate of drug-likeness (QED) is 0.115. The summed E-state index contributed by atoms with van der Waals surface area (Å²) in [5.41, 5.74) is 2.20. The molecule has 12 nitrogen and oxygen atoms in total. The number of fused-ring (bicyclic) bond motifs is 4. The third kappa shape index (κ3) is 10.2. The van der Waals surface area contributed by atoms with Gasteiger partial charge in [0.25, 0.3) is 0 Å². The van der Waals surface area contributed by atoms with Crippen molar-refractivity contribution >= 4 is 51.9 Å². The first kappa shape index (κ1) is 52.9. The van der Waals surface area contributed by atoms with Crippen LogP contribution >= 0.6 is 31.9 Å². The molecule has 6 atom stereocenters. The molecule has 4 N–H and O–H groups in total. The summed E-state index contributed by atoms with van der Waals surface area (Å²) in [6, 6.07) is -0.362. The van der Waals surface area contributed by atoms with Gasteiger partial charge in [-0.25, -0.2) is 16.8 Å². The number of aliphatic hydroxyl groups is 2. The van der Waals surface area contributed by atoms with Gasteiger partial charge in [0, 0.05) is 71.8 Å². The molecule has 4 saturated carbocycles. The van der Waals surface area contributed by atoms with Crippen molar-refractivity contribution in [2.24, 2.45) is 39.2 Å². The normalized spacial score (nSPS) is 33.1. The third-order valence-corrected chi connectivity index (χ3v) is 20.5. The molecule has 5 rings (SSSR count). The van der Waals surface area contributed by atoms with Crippen molar-refractivity contribution in [2.45, 2.75) is 157 Å². The van der Waals surface area contributed by atoms with E-state index in [1.165, 1.54) is 0 Å². The van der Waals surface area contributed by atoms with E-state index in [4.69, 9.17) is 15.2 Å². The van der Waals surface area contributed by atoms with Gasteiger partial charge in [0.05, 0.1) is 49.1 Å². The summed E-state index contributed by atoms with van der Waals surface area (Å²) in [7, 11) is -6.98. The highest BCUT2D eigenvalue weighted by atomic mass is 79.9. The van der Waals surface area contributed by atoms with Gasteiger partial charge in [-0.05, 0) is 117 Å². The van der Waals surface area contributed by atoms with Crippen LogP contribution in [-0.4, -0.2) is 151 Å². The second kappa shape index (κ2) is 20.2. The molecule has 5 fully saturated rings. The molecule has 0 aromatic carbocycles. The molecule has 4 aliphatic carbocycles. The lowest BCUT2D eigenvalue weighted by Gasteiger charge is -2.50. The summed E-state index contributed by atoms with van der Waals surface area (Å²) in [4.78, 5) is 2.26. The van der Waals surface area contributed by atoms with Gasteiger partial charge in [0.1, 0.15) is 0 Å². The topological polar surface area (TPSA) is 163 Å². The molecular weight excluding hydrogens is 912 g/mol. The van der Waals surface area contributed by atoms with E-state index in [1.807, 2.05) is 55.4 Å². The summed E-state index contributed by atoms with van der Waals surface area (Å²) >= 11 is 6.48. The lowest BCUT2D eigenvalue weighted by atomic mass is 9.64. The molecule has 5 aliphatic rings. The van der Waals surface area contributed by atoms with E-state index in [0.29, 0.717) is 44.4 Å². The summed E-state index contributed by atoms with van der Waals surface area (Å²) < 4.78 is 67.4. The molecule has 1 saturated heterocycles. The first-order valence-electron chi connectivity index (χ1n) is 21.8. The van der Waals surface area contributed by atoms with Gasteiger partial charge in [0.2, 0.25) is 20.0 Å². The Morgan fingerprint density at radius 2 is 1.07 bits per heavy atom. The van der Waals surface area contributed by atoms with Gasteiger partial charge >= 0.3 is 0 Å². The van der Waals surface area contributed by atoms with Crippen molar-refractivity contribution < 1.29 is 36.5 Å². The summed E-state index contributed by atoms with van der Waals surface area (Å²) in [5.74, 6) is 0.756. The van der Waals surface area contributed by atoms with Crippen LogP contribution in [0.2, 0.25) is 0 Å². The third-order valence-electron chi connectivity index (χ3n) is 15.2. The van der Waals surface area contributed by atoms with E-state index in [-0.39, 0.29) is 53.0 Å². The van der Waals surface area contributed by atoms with Crippen molar-refractivity contribution in [2.75, 3.05) is 74.8 Å². The smallest absolute Gasteiger partial charge is 0.215 e. The van der Waals surface area contributed by atoms with Gasteiger partial charge in [0.15, 0.2) is 0 Å². The Morgan fingerprint density at radius 1 is 0.707 bits per heavy atom. The monoisotopic (exact) mass is 992 g/mol. The number of nitrogens with two attached hydrogens (primary N) is 1. The molecule has 1 heterocycles. The van der Waals surface area contributed by atoms with E-state index >= 15 is 0 Å². The Hall–Kier alpha value is 0.540. The number of rotatable bonds is 17. The first-order chi connectivity index (χ1) is 26.6. The van der Waals surface area contributed by atoms with Crippen LogP contribution < -0.4 is 5.73 Å². The minimum absolute atomic E-state index is 0.00639. The second-order valence-electron chi connectivity index (χ2n) is 20.2. The summed E-state index contributed by atoms with van der Waals surface area (Å²) in [6.07, 6.45) is 4.84. The maximum atomic E-state index is 13.6. The molecule has 0 aromatic heterocycles. The van der Waals surface area contributed by atoms with Crippen LogP contribution in [0, 0.1) is 33.5 Å². The minimum atomic E-state index is -3.50. The first-order valence-corrected chi connectivity index (χ1v) is 27.3. The standard InChI is InChI=1S/C21H40N2O4S.C17H34N2O3S.C4H8Br2O/c1-16(2)23(17(3)4)28(25,26)15-20-8-7-18(19(20,5)6)13-21(20,24)14-22-9-11-27-12-10-22;1-12(2)19(13(3)4)23(21,22)11-16-8-7-14(15(16,5)6)9-17(16,20)10-18;5-1-3-7-4-2-6/h16-18,24H,7-15H2,1-6H3;12-14,20H,7-11,18H2,1-6H3;1-4H2/t18?,20?,21-;;/m1../s1. The summed E-state index contributed by atoms with van der Waals surface area (Å²) in [6.45, 7) is 29.2. The zero-order valence-corrected chi connectivity index (χ0v) is 42.8. The molecular formula is C42H82Br2N4O8S2. The van der Waals surface area contributed by atoms with Crippen LogP contribution in [0.5, 0.6) is 0 Å². The predicted molar refractivity (Wildman–Crippen MR) is 244 cm³/mol. The number of hydrogen-bond acceptors (Lipinski definition) is 10. The van der Waals surface area contributed by atoms with Crippen LogP contribution in [0.25, 0.3) is 0 Å². The number of β-amino-alcohol motifs (C(OH)–C–C–N with tert-alkyl or cyclic N) is 1. The average molecular weight is 995 g/mol. The van der Waals surface area contributed by atoms with E-state index in [0.717, 1.165) is 62.6 Å². The van der Waals surface area contributed by atoms with Gasteiger partial charge in [-0.15, -0.1) is 0 Å². The number of morpholine rings is 1. The number of nitrogens with zero attached hydrogens (tertiary/aromatic N) is 3. The molecule has 16 heteroatoms. The second-order valence-corrected chi connectivity index (χ2v) is 25.5. The predicted octanol–water partition coefficient (Wildman–Crippen LogP) is 6.07. The number of ether oxygens (including phenoxy) is 2. The highest BCUT2D eigenvalue weighted by molar-refractivity contribution is 9.09. The van der Waals surface area contributed by atoms with Gasteiger partial charge in [-0.3, -0.25) is 4.90 Å². The number of sulfonamides is 2. The Labute approximate surface area is 370 Å². The van der Waals surface area contributed by atoms with Crippen LogP contribution in [0.4, 0.5) is 0 Å². The minimum Gasteiger partial charge on any atom is -0.388 e. The maximum absolute atomic E-state index is 13.6. The van der Waals surface area contributed by atoms with Crippen LogP contribution in [0.1, 0.15) is 122 Å². The average Bonchev–Trinajstić information content (AvgIpc) is 3.59. The van der Waals surface area contributed by atoms with E-state index in [2.05, 4.69) is 64.5 Å². The number of hydrogen-bond donors (Lipinski definition) is 3. The lowest BCUT2D eigenvalue weighted by molar-refractivity contribution is -0.114. The fourth-order valence-corrected chi connectivity index (χ4v) is 18.6. The zero-order chi connectivity index (χ0) is 44.3. The molecule has 344 valence electrons. The van der Waals surface area contributed by atoms with Crippen molar-refractivity contribution in [3.8, 4) is 0 Å². The zero-order valence-electron chi connectivity index (χ0n) is 38.0. The molecule has 0 aromatic rings. The maximum Gasteiger partial charge on any atom is 0.215 e. The molecule has 58 heavy (non-hydrogen) atoms. The molecule has 0 spiro atoms. The van der Waals surface area contributed by atoms with E-state index < -0.39 is 42.1 Å². The molecule has 5 unspecified atom stereocenters. The Kier molecular flexibility index (Phi) is 18.4. The largest absolute Gasteiger partial charge is 0.388 e. The lowest BCUT2D eigenvalue weighted by Crippen LogP contribution is -2.61. The van der Waals surface area contributed by atoms with Gasteiger partial charge in [-0.1, -0.05) is 59.6 Å². The summed E-state index contributed by atoms with van der Waals surface area (Å²) in [5, 5.41) is 25.0. The van der Waals surface area contributed by atoms with Gasteiger partial charge < -0.3 is 25.4 Å². The number of alkyl halides is 2. The molecule has 1 aliphatic heterocycles. The van der Waals surface area contributed by atoms with E-state index in [9.17, 15) is 27.0 Å². The highest BCUT2D eigenvalue weighted by Gasteiger charge is 2.73. The van der Waals surface area contributed by atoms with Crippen molar-refractivity contribution in [3.63, 3.8) is 0 Å². The van der Waals surface area contributed by atoms with E-state index in [1.54, 1.807) is 8.61 Å². The Balaban J connectivity index is 0.000000271. The Morgan fingerprint density at radius 3 is 1.40 bits per heavy atom. The Bertz CT molecular complexity index is 1520. The molecule has 0 amide bonds. The van der Waals surface area contributed by atoms with Crippen molar-refractivity contribution in [3.05, 3.63) is 0 Å². The number of halogens is 2. The molecule has 4 bridgehead atoms.